The Labute approximate surface area is 170 Å². The summed E-state index contributed by atoms with van der Waals surface area (Å²) in [5.74, 6) is 0. The second-order valence-electron chi connectivity index (χ2n) is 6.51. The fraction of sp³-hybridized carbons (Fsp3) is 0.769. The fourth-order valence-corrected chi connectivity index (χ4v) is 2.71. The van der Waals surface area contributed by atoms with Crippen LogP contribution in [0, 0.1) is 5.41 Å². The molecule has 160 valence electrons. The Morgan fingerprint density at radius 2 is 1.08 bits per heavy atom. The molecule has 0 saturated carbocycles. The molecular formula is C26H56. The first-order valence-corrected chi connectivity index (χ1v) is 10.8. The van der Waals surface area contributed by atoms with Gasteiger partial charge in [-0.2, -0.15) is 0 Å². The van der Waals surface area contributed by atoms with Crippen molar-refractivity contribution >= 4 is 0 Å². The molecule has 0 rings (SSSR count). The van der Waals surface area contributed by atoms with Crippen LogP contribution in [0.2, 0.25) is 0 Å². The van der Waals surface area contributed by atoms with E-state index in [-0.39, 0.29) is 7.43 Å². The van der Waals surface area contributed by atoms with E-state index in [0.29, 0.717) is 5.41 Å². The molecule has 0 aliphatic rings. The highest BCUT2D eigenvalue weighted by Gasteiger charge is 2.27. The van der Waals surface area contributed by atoms with Gasteiger partial charge >= 0.3 is 0 Å². The molecule has 0 aromatic carbocycles. The summed E-state index contributed by atoms with van der Waals surface area (Å²) in [7, 11) is 0. The molecule has 0 spiro atoms. The van der Waals surface area contributed by atoms with Crippen LogP contribution in [0.15, 0.2) is 35.5 Å². The third-order valence-electron chi connectivity index (χ3n) is 4.44. The predicted molar refractivity (Wildman–Crippen MR) is 130 cm³/mol. The van der Waals surface area contributed by atoms with Gasteiger partial charge in [-0.3, -0.25) is 0 Å². The third-order valence-corrected chi connectivity index (χ3v) is 4.44. The first-order valence-electron chi connectivity index (χ1n) is 10.8. The molecule has 0 unspecified atom stereocenters. The predicted octanol–water partition coefficient (Wildman–Crippen LogP) is 10.6. The molecule has 0 saturated heterocycles. The van der Waals surface area contributed by atoms with Crippen molar-refractivity contribution in [3.05, 3.63) is 35.5 Å². The van der Waals surface area contributed by atoms with E-state index in [2.05, 4.69) is 68.5 Å². The summed E-state index contributed by atoms with van der Waals surface area (Å²) in [5.41, 5.74) is 5.59. The van der Waals surface area contributed by atoms with Crippen molar-refractivity contribution in [3.63, 3.8) is 0 Å². The van der Waals surface area contributed by atoms with Crippen molar-refractivity contribution in [3.8, 4) is 0 Å². The highest BCUT2D eigenvalue weighted by molar-refractivity contribution is 5.40. The minimum atomic E-state index is 0. The zero-order chi connectivity index (χ0) is 21.1. The van der Waals surface area contributed by atoms with Crippen molar-refractivity contribution in [1.82, 2.24) is 0 Å². The molecular weight excluding hydrogens is 312 g/mol. The minimum Gasteiger partial charge on any atom is -0.0958 e. The second kappa shape index (κ2) is 24.2. The lowest BCUT2D eigenvalue weighted by Gasteiger charge is -2.33. The fourth-order valence-electron chi connectivity index (χ4n) is 2.71. The minimum absolute atomic E-state index is 0. The average Bonchev–Trinajstić information content (AvgIpc) is 2.62. The molecule has 0 atom stereocenters. The molecule has 0 amide bonds. The number of allylic oxidation sites excluding steroid dienone is 4. The van der Waals surface area contributed by atoms with Gasteiger partial charge in [-0.05, 0) is 50.2 Å². The van der Waals surface area contributed by atoms with E-state index >= 15 is 0 Å². The van der Waals surface area contributed by atoms with E-state index in [4.69, 9.17) is 0 Å². The maximum absolute atomic E-state index is 4.17. The third kappa shape index (κ3) is 16.7. The van der Waals surface area contributed by atoms with Crippen molar-refractivity contribution in [1.29, 1.82) is 0 Å². The monoisotopic (exact) mass is 368 g/mol. The summed E-state index contributed by atoms with van der Waals surface area (Å²) in [6, 6.07) is 0. The SMILES string of the molecule is C.C=C(C)/C(C)=C(\CC(CC)(CC)CCC)C(=C)C.CC.CC.CCC. The van der Waals surface area contributed by atoms with Gasteiger partial charge in [0.2, 0.25) is 0 Å². The van der Waals surface area contributed by atoms with Gasteiger partial charge in [-0.25, -0.2) is 0 Å². The summed E-state index contributed by atoms with van der Waals surface area (Å²) < 4.78 is 0. The number of hydrogen-bond donors (Lipinski definition) is 0. The molecule has 0 aromatic rings. The molecule has 0 heteroatoms. The normalized spacial score (nSPS) is 10.3. The Balaban J connectivity index is -0.000000161. The second-order valence-corrected chi connectivity index (χ2v) is 6.51. The standard InChI is InChI=1S/C18H32.C3H8.2C2H6.CH4/c1-9-12-18(10-2,11-3)13-17(15(6)7)16(8)14(4)5;1-3-2;2*1-2;/h4,6,9-13H2,1-3,5,7-8H3;3H2,1-2H3;2*1-2H3;1H4/b17-16+;;;;. The molecule has 0 radical (unpaired) electrons. The average molecular weight is 369 g/mol. The van der Waals surface area contributed by atoms with Crippen LogP contribution in [0.1, 0.15) is 129 Å². The maximum Gasteiger partial charge on any atom is -0.0217 e. The largest absolute Gasteiger partial charge is 0.0958 e. The lowest BCUT2D eigenvalue weighted by atomic mass is 9.71. The van der Waals surface area contributed by atoms with E-state index in [1.807, 2.05) is 27.7 Å². The van der Waals surface area contributed by atoms with E-state index in [9.17, 15) is 0 Å². The van der Waals surface area contributed by atoms with Crippen molar-refractivity contribution in [2.24, 2.45) is 5.41 Å². The van der Waals surface area contributed by atoms with Crippen LogP contribution in [0.4, 0.5) is 0 Å². The van der Waals surface area contributed by atoms with Crippen LogP contribution in [-0.4, -0.2) is 0 Å². The first-order chi connectivity index (χ1) is 11.7. The van der Waals surface area contributed by atoms with Crippen LogP contribution >= 0.6 is 0 Å². The smallest absolute Gasteiger partial charge is 0.0217 e. The van der Waals surface area contributed by atoms with Gasteiger partial charge in [-0.1, -0.05) is 120 Å². The Hall–Kier alpha value is -0.780. The summed E-state index contributed by atoms with van der Waals surface area (Å²) >= 11 is 0. The number of hydrogen-bond acceptors (Lipinski definition) is 0. The highest BCUT2D eigenvalue weighted by Crippen LogP contribution is 2.41. The first kappa shape index (κ1) is 36.2. The van der Waals surface area contributed by atoms with Crippen molar-refractivity contribution in [2.45, 2.75) is 129 Å². The topological polar surface area (TPSA) is 0 Å². The molecule has 0 aromatic heterocycles. The van der Waals surface area contributed by atoms with Gasteiger partial charge in [0.15, 0.2) is 0 Å². The van der Waals surface area contributed by atoms with Gasteiger partial charge in [-0.15, -0.1) is 0 Å². The Bertz CT molecular complexity index is 337. The van der Waals surface area contributed by atoms with Crippen molar-refractivity contribution in [2.75, 3.05) is 0 Å². The lowest BCUT2D eigenvalue weighted by Crippen LogP contribution is -2.20. The van der Waals surface area contributed by atoms with Crippen LogP contribution in [0.25, 0.3) is 0 Å². The Morgan fingerprint density at radius 1 is 0.731 bits per heavy atom. The molecule has 26 heavy (non-hydrogen) atoms. The zero-order valence-electron chi connectivity index (χ0n) is 20.2. The summed E-state index contributed by atoms with van der Waals surface area (Å²) in [6.07, 6.45) is 7.47. The summed E-state index contributed by atoms with van der Waals surface area (Å²) in [4.78, 5) is 0. The molecule has 0 N–H and O–H groups in total. The van der Waals surface area contributed by atoms with E-state index in [1.165, 1.54) is 54.4 Å². The molecule has 0 heterocycles. The molecule has 0 bridgehead atoms. The maximum atomic E-state index is 4.17. The highest BCUT2D eigenvalue weighted by atomic mass is 14.3. The van der Waals surface area contributed by atoms with Gasteiger partial charge in [0.05, 0.1) is 0 Å². The van der Waals surface area contributed by atoms with Crippen LogP contribution in [0.5, 0.6) is 0 Å². The van der Waals surface area contributed by atoms with E-state index in [1.54, 1.807) is 0 Å². The summed E-state index contributed by atoms with van der Waals surface area (Å²) in [5, 5.41) is 0. The summed E-state index contributed by atoms with van der Waals surface area (Å²) in [6.45, 7) is 33.9. The van der Waals surface area contributed by atoms with Crippen LogP contribution in [-0.2, 0) is 0 Å². The van der Waals surface area contributed by atoms with Gasteiger partial charge in [0, 0.05) is 0 Å². The zero-order valence-corrected chi connectivity index (χ0v) is 20.2. The van der Waals surface area contributed by atoms with Crippen LogP contribution in [0.3, 0.4) is 0 Å². The van der Waals surface area contributed by atoms with E-state index in [0.717, 1.165) is 6.42 Å². The Kier molecular flexibility index (Phi) is 33.7. The van der Waals surface area contributed by atoms with Gasteiger partial charge in [0.1, 0.15) is 0 Å². The van der Waals surface area contributed by atoms with Gasteiger partial charge < -0.3 is 0 Å². The molecule has 0 fully saturated rings. The van der Waals surface area contributed by atoms with Crippen LogP contribution < -0.4 is 0 Å². The molecule has 0 nitrogen and oxygen atoms in total. The van der Waals surface area contributed by atoms with Crippen molar-refractivity contribution < 1.29 is 0 Å². The van der Waals surface area contributed by atoms with Gasteiger partial charge in [0.25, 0.3) is 0 Å². The van der Waals surface area contributed by atoms with E-state index < -0.39 is 0 Å². The molecule has 0 aliphatic carbocycles. The number of rotatable bonds is 8. The Morgan fingerprint density at radius 3 is 1.27 bits per heavy atom. The quantitative estimate of drug-likeness (QED) is 0.374. The molecule has 0 aliphatic heterocycles. The lowest BCUT2D eigenvalue weighted by molar-refractivity contribution is 0.234.